The van der Waals surface area contributed by atoms with Crippen molar-refractivity contribution >= 4 is 0 Å². The first-order valence-electron chi connectivity index (χ1n) is 6.28. The summed E-state index contributed by atoms with van der Waals surface area (Å²) in [5.41, 5.74) is 5.51. The van der Waals surface area contributed by atoms with Crippen molar-refractivity contribution in [3.05, 3.63) is 11.7 Å². The van der Waals surface area contributed by atoms with E-state index in [0.717, 1.165) is 50.5 Å². The van der Waals surface area contributed by atoms with Crippen LogP contribution in [-0.4, -0.2) is 42.2 Å². The van der Waals surface area contributed by atoms with Gasteiger partial charge in [-0.2, -0.15) is 4.98 Å². The molecular weight excluding hydrogens is 216 g/mol. The van der Waals surface area contributed by atoms with Gasteiger partial charge in [-0.25, -0.2) is 0 Å². The first kappa shape index (κ1) is 14.1. The summed E-state index contributed by atoms with van der Waals surface area (Å²) >= 11 is 0. The summed E-state index contributed by atoms with van der Waals surface area (Å²) in [4.78, 5) is 6.49. The second kappa shape index (κ2) is 7.40. The van der Waals surface area contributed by atoms with Gasteiger partial charge >= 0.3 is 0 Å². The molecule has 0 bridgehead atoms. The van der Waals surface area contributed by atoms with Gasteiger partial charge in [0.25, 0.3) is 0 Å². The van der Waals surface area contributed by atoms with E-state index in [0.29, 0.717) is 5.92 Å². The van der Waals surface area contributed by atoms with Gasteiger partial charge in [-0.05, 0) is 39.4 Å². The van der Waals surface area contributed by atoms with Gasteiger partial charge in [0.05, 0.1) is 0 Å². The van der Waals surface area contributed by atoms with Crippen LogP contribution in [0.3, 0.4) is 0 Å². The Morgan fingerprint density at radius 3 is 2.71 bits per heavy atom. The molecule has 0 spiro atoms. The third kappa shape index (κ3) is 5.79. The zero-order valence-corrected chi connectivity index (χ0v) is 11.1. The molecule has 1 aromatic rings. The summed E-state index contributed by atoms with van der Waals surface area (Å²) in [5.74, 6) is 2.18. The van der Waals surface area contributed by atoms with Crippen LogP contribution in [0.1, 0.15) is 31.5 Å². The summed E-state index contributed by atoms with van der Waals surface area (Å²) in [7, 11) is 4.07. The van der Waals surface area contributed by atoms with Gasteiger partial charge in [-0.1, -0.05) is 12.1 Å². The van der Waals surface area contributed by atoms with Gasteiger partial charge < -0.3 is 15.2 Å². The Balaban J connectivity index is 2.30. The van der Waals surface area contributed by atoms with Gasteiger partial charge in [0.2, 0.25) is 5.89 Å². The highest BCUT2D eigenvalue weighted by molar-refractivity contribution is 4.87. The number of aromatic nitrogens is 2. The van der Waals surface area contributed by atoms with Crippen LogP contribution in [-0.2, 0) is 12.8 Å². The number of nitrogens with two attached hydrogens (primary N) is 1. The highest BCUT2D eigenvalue weighted by atomic mass is 16.5. The first-order chi connectivity index (χ1) is 8.11. The van der Waals surface area contributed by atoms with Gasteiger partial charge in [0.15, 0.2) is 5.82 Å². The van der Waals surface area contributed by atoms with E-state index in [1.807, 2.05) is 14.1 Å². The Hall–Kier alpha value is -0.940. The minimum absolute atomic E-state index is 0.622. The SMILES string of the molecule is CC(CCN)CCc1nc(CCN(C)C)no1. The van der Waals surface area contributed by atoms with Gasteiger partial charge in [0.1, 0.15) is 0 Å². The van der Waals surface area contributed by atoms with Crippen molar-refractivity contribution in [1.29, 1.82) is 0 Å². The molecule has 0 aliphatic carbocycles. The number of aryl methyl sites for hydroxylation is 1. The first-order valence-corrected chi connectivity index (χ1v) is 6.28. The van der Waals surface area contributed by atoms with Crippen LogP contribution >= 0.6 is 0 Å². The fourth-order valence-electron chi connectivity index (χ4n) is 1.62. The molecule has 17 heavy (non-hydrogen) atoms. The maximum atomic E-state index is 5.51. The number of nitrogens with zero attached hydrogens (tertiary/aromatic N) is 3. The van der Waals surface area contributed by atoms with E-state index in [2.05, 4.69) is 22.0 Å². The molecule has 0 saturated carbocycles. The van der Waals surface area contributed by atoms with E-state index < -0.39 is 0 Å². The van der Waals surface area contributed by atoms with Crippen LogP contribution in [0.25, 0.3) is 0 Å². The molecule has 98 valence electrons. The van der Waals surface area contributed by atoms with Crippen LogP contribution in [0.4, 0.5) is 0 Å². The lowest BCUT2D eigenvalue weighted by Crippen LogP contribution is -2.15. The monoisotopic (exact) mass is 240 g/mol. The Bertz CT molecular complexity index is 311. The third-order valence-electron chi connectivity index (χ3n) is 2.80. The number of hydrogen-bond donors (Lipinski definition) is 1. The molecular formula is C12H24N4O. The van der Waals surface area contributed by atoms with Crippen molar-refractivity contribution in [2.75, 3.05) is 27.2 Å². The smallest absolute Gasteiger partial charge is 0.226 e. The molecule has 0 radical (unpaired) electrons. The van der Waals surface area contributed by atoms with Crippen molar-refractivity contribution in [1.82, 2.24) is 15.0 Å². The van der Waals surface area contributed by atoms with Gasteiger partial charge in [-0.15, -0.1) is 0 Å². The van der Waals surface area contributed by atoms with E-state index >= 15 is 0 Å². The molecule has 1 rings (SSSR count). The second-order valence-corrected chi connectivity index (χ2v) is 4.88. The maximum absolute atomic E-state index is 5.51. The minimum atomic E-state index is 0.622. The van der Waals surface area contributed by atoms with Crippen LogP contribution in [0, 0.1) is 5.92 Å². The molecule has 1 heterocycles. The summed E-state index contributed by atoms with van der Waals surface area (Å²) in [5, 5.41) is 3.97. The van der Waals surface area contributed by atoms with Crippen molar-refractivity contribution in [2.24, 2.45) is 11.7 Å². The number of hydrogen-bond acceptors (Lipinski definition) is 5. The lowest BCUT2D eigenvalue weighted by molar-refractivity contribution is 0.354. The molecule has 0 fully saturated rings. The molecule has 0 saturated heterocycles. The van der Waals surface area contributed by atoms with E-state index in [1.165, 1.54) is 0 Å². The normalized spacial score (nSPS) is 13.2. The Kier molecular flexibility index (Phi) is 6.15. The molecule has 0 aliphatic rings. The Morgan fingerprint density at radius 2 is 2.06 bits per heavy atom. The topological polar surface area (TPSA) is 68.2 Å². The lowest BCUT2D eigenvalue weighted by Gasteiger charge is -2.06. The summed E-state index contributed by atoms with van der Waals surface area (Å²) in [6.07, 6.45) is 3.82. The predicted molar refractivity (Wildman–Crippen MR) is 67.7 cm³/mol. The molecule has 5 heteroatoms. The molecule has 0 aromatic carbocycles. The fourth-order valence-corrected chi connectivity index (χ4v) is 1.62. The van der Waals surface area contributed by atoms with Gasteiger partial charge in [-0.3, -0.25) is 0 Å². The number of rotatable bonds is 8. The van der Waals surface area contributed by atoms with Crippen LogP contribution in [0.2, 0.25) is 0 Å². The highest BCUT2D eigenvalue weighted by Crippen LogP contribution is 2.11. The van der Waals surface area contributed by atoms with E-state index in [9.17, 15) is 0 Å². The minimum Gasteiger partial charge on any atom is -0.339 e. The molecule has 0 amide bonds. The summed E-state index contributed by atoms with van der Waals surface area (Å²) in [6.45, 7) is 3.90. The van der Waals surface area contributed by atoms with Crippen LogP contribution in [0.15, 0.2) is 4.52 Å². The second-order valence-electron chi connectivity index (χ2n) is 4.88. The standard InChI is InChI=1S/C12H24N4O/c1-10(6-8-13)4-5-12-14-11(15-17-12)7-9-16(2)3/h10H,4-9,13H2,1-3H3. The zero-order chi connectivity index (χ0) is 12.7. The molecule has 1 aromatic heterocycles. The summed E-state index contributed by atoms with van der Waals surface area (Å²) in [6, 6.07) is 0. The average molecular weight is 240 g/mol. The Labute approximate surface area is 103 Å². The average Bonchev–Trinajstić information content (AvgIpc) is 2.72. The highest BCUT2D eigenvalue weighted by Gasteiger charge is 2.08. The third-order valence-corrected chi connectivity index (χ3v) is 2.80. The van der Waals surface area contributed by atoms with E-state index in [-0.39, 0.29) is 0 Å². The van der Waals surface area contributed by atoms with Crippen LogP contribution in [0.5, 0.6) is 0 Å². The quantitative estimate of drug-likeness (QED) is 0.736. The van der Waals surface area contributed by atoms with Gasteiger partial charge in [0, 0.05) is 19.4 Å². The van der Waals surface area contributed by atoms with Crippen molar-refractivity contribution in [3.8, 4) is 0 Å². The fraction of sp³-hybridized carbons (Fsp3) is 0.833. The maximum Gasteiger partial charge on any atom is 0.226 e. The number of likely N-dealkylation sites (N-methyl/N-ethyl adjacent to an activating group) is 1. The predicted octanol–water partition coefficient (Wildman–Crippen LogP) is 1.09. The molecule has 1 atom stereocenters. The van der Waals surface area contributed by atoms with Crippen molar-refractivity contribution in [2.45, 2.75) is 32.6 Å². The zero-order valence-electron chi connectivity index (χ0n) is 11.1. The lowest BCUT2D eigenvalue weighted by atomic mass is 10.0. The van der Waals surface area contributed by atoms with Crippen LogP contribution < -0.4 is 5.73 Å². The molecule has 1 unspecified atom stereocenters. The van der Waals surface area contributed by atoms with Crippen molar-refractivity contribution < 1.29 is 4.52 Å². The van der Waals surface area contributed by atoms with Crippen molar-refractivity contribution in [3.63, 3.8) is 0 Å². The molecule has 5 nitrogen and oxygen atoms in total. The largest absolute Gasteiger partial charge is 0.339 e. The Morgan fingerprint density at radius 1 is 1.29 bits per heavy atom. The summed E-state index contributed by atoms with van der Waals surface area (Å²) < 4.78 is 5.21. The molecule has 0 aliphatic heterocycles. The van der Waals surface area contributed by atoms with E-state index in [1.54, 1.807) is 0 Å². The van der Waals surface area contributed by atoms with E-state index in [4.69, 9.17) is 10.3 Å². The molecule has 2 N–H and O–H groups in total.